The fourth-order valence-corrected chi connectivity index (χ4v) is 4.86. The lowest BCUT2D eigenvalue weighted by molar-refractivity contribution is -0.137. The lowest BCUT2D eigenvalue weighted by Crippen LogP contribution is -2.30. The summed E-state index contributed by atoms with van der Waals surface area (Å²) in [6.45, 7) is 7.19. The Bertz CT molecular complexity index is 1340. The van der Waals surface area contributed by atoms with Crippen molar-refractivity contribution in [3.8, 4) is 5.75 Å². The molecule has 39 heavy (non-hydrogen) atoms. The third-order valence-electron chi connectivity index (χ3n) is 6.80. The number of carbonyl (C=O) groups excluding carboxylic acids is 3. The normalized spacial score (nSPS) is 11.0. The summed E-state index contributed by atoms with van der Waals surface area (Å²) in [6, 6.07) is 12.7. The van der Waals surface area contributed by atoms with Crippen LogP contribution in [0, 0.1) is 6.92 Å². The van der Waals surface area contributed by atoms with Gasteiger partial charge < -0.3 is 14.7 Å². The molecule has 1 heterocycles. The van der Waals surface area contributed by atoms with Crippen molar-refractivity contribution in [1.82, 2.24) is 4.57 Å². The van der Waals surface area contributed by atoms with Gasteiger partial charge >= 0.3 is 11.9 Å². The largest absolute Gasteiger partial charge is 0.481 e. The van der Waals surface area contributed by atoms with Gasteiger partial charge in [0, 0.05) is 43.5 Å². The van der Waals surface area contributed by atoms with Gasteiger partial charge in [-0.15, -0.1) is 0 Å². The van der Waals surface area contributed by atoms with Gasteiger partial charge in [0.05, 0.1) is 11.2 Å². The molecule has 0 fully saturated rings. The summed E-state index contributed by atoms with van der Waals surface area (Å²) in [4.78, 5) is 50.7. The smallest absolute Gasteiger partial charge is 0.308 e. The zero-order chi connectivity index (χ0) is 28.5. The second kappa shape index (κ2) is 13.7. The number of hydrogen-bond donors (Lipinski definition) is 1. The molecule has 0 atom stereocenters. The van der Waals surface area contributed by atoms with Crippen LogP contribution in [0.5, 0.6) is 5.75 Å². The number of aryl methyl sites for hydroxylation is 1. The predicted octanol–water partition coefficient (Wildman–Crippen LogP) is 6.29. The van der Waals surface area contributed by atoms with Crippen LogP contribution in [0.25, 0.3) is 10.9 Å². The molecule has 8 heteroatoms. The summed E-state index contributed by atoms with van der Waals surface area (Å²) >= 11 is 0. The molecule has 3 aromatic rings. The topological polar surface area (TPSA) is 106 Å². The van der Waals surface area contributed by atoms with Crippen LogP contribution in [0.1, 0.15) is 87.3 Å². The van der Waals surface area contributed by atoms with Crippen LogP contribution in [-0.4, -0.2) is 40.0 Å². The van der Waals surface area contributed by atoms with E-state index in [9.17, 15) is 19.2 Å². The van der Waals surface area contributed by atoms with Gasteiger partial charge in [-0.3, -0.25) is 23.7 Å². The van der Waals surface area contributed by atoms with Gasteiger partial charge in [-0.1, -0.05) is 38.3 Å². The number of carbonyl (C=O) groups is 4. The maximum atomic E-state index is 13.8. The molecule has 3 rings (SSSR count). The number of rotatable bonds is 13. The number of benzene rings is 2. The number of esters is 1. The van der Waals surface area contributed by atoms with Crippen molar-refractivity contribution < 1.29 is 29.0 Å². The zero-order valence-electron chi connectivity index (χ0n) is 23.3. The van der Waals surface area contributed by atoms with Crippen molar-refractivity contribution in [2.75, 3.05) is 11.4 Å². The van der Waals surface area contributed by atoms with Crippen molar-refractivity contribution in [2.45, 2.75) is 79.1 Å². The molecule has 0 saturated heterocycles. The van der Waals surface area contributed by atoms with Crippen molar-refractivity contribution in [1.29, 1.82) is 0 Å². The summed E-state index contributed by atoms with van der Waals surface area (Å²) in [7, 11) is 0. The standard InChI is InChI=1S/C31H38N2O6/c1-5-6-11-24-13-15-25(16-14-24)31(38)33-21(2)30(27-20-26(39-23(4)35)17-18-28(27)33)32(22(3)34)19-10-8-7-9-12-29(36)37/h13-18,20H,5-12,19H2,1-4H3,(H,36,37). The van der Waals surface area contributed by atoms with Gasteiger partial charge in [-0.2, -0.15) is 0 Å². The molecule has 1 aromatic heterocycles. The van der Waals surface area contributed by atoms with Crippen LogP contribution < -0.4 is 9.64 Å². The molecule has 0 aliphatic rings. The van der Waals surface area contributed by atoms with Gasteiger partial charge in [-0.05, 0) is 68.5 Å². The molecule has 1 N–H and O–H groups in total. The molecule has 0 unspecified atom stereocenters. The molecule has 0 aliphatic heterocycles. The highest BCUT2D eigenvalue weighted by Gasteiger charge is 2.26. The summed E-state index contributed by atoms with van der Waals surface area (Å²) in [5.41, 5.74) is 3.56. The maximum absolute atomic E-state index is 13.8. The fraction of sp³-hybridized carbons (Fsp3) is 0.419. The summed E-state index contributed by atoms with van der Waals surface area (Å²) in [5, 5.41) is 9.49. The average molecular weight is 535 g/mol. The molecule has 0 radical (unpaired) electrons. The number of nitrogens with zero attached hydrogens (tertiary/aromatic N) is 2. The first-order valence-electron chi connectivity index (χ1n) is 13.6. The van der Waals surface area contributed by atoms with E-state index in [0.29, 0.717) is 53.0 Å². The number of amides is 1. The minimum absolute atomic E-state index is 0.129. The first-order valence-corrected chi connectivity index (χ1v) is 13.6. The minimum atomic E-state index is -0.812. The number of ether oxygens (including phenoxy) is 1. The third kappa shape index (κ3) is 7.56. The molecule has 0 bridgehead atoms. The van der Waals surface area contributed by atoms with E-state index in [4.69, 9.17) is 9.84 Å². The highest BCUT2D eigenvalue weighted by atomic mass is 16.5. The van der Waals surface area contributed by atoms with Crippen LogP contribution in [0.4, 0.5) is 5.69 Å². The zero-order valence-corrected chi connectivity index (χ0v) is 23.3. The maximum Gasteiger partial charge on any atom is 0.308 e. The SMILES string of the molecule is CCCCc1ccc(C(=O)n2c(C)c(N(CCCCCCC(=O)O)C(C)=O)c3cc(OC(C)=O)ccc32)cc1. The number of anilines is 1. The van der Waals surface area contributed by atoms with Gasteiger partial charge in [0.2, 0.25) is 5.91 Å². The van der Waals surface area contributed by atoms with Crippen molar-refractivity contribution in [3.63, 3.8) is 0 Å². The van der Waals surface area contributed by atoms with E-state index >= 15 is 0 Å². The minimum Gasteiger partial charge on any atom is -0.481 e. The number of carboxylic acid groups (broad SMARTS) is 1. The number of aliphatic carboxylic acids is 1. The summed E-state index contributed by atoms with van der Waals surface area (Å²) in [5.74, 6) is -1.32. The van der Waals surface area contributed by atoms with Crippen LogP contribution in [0.15, 0.2) is 42.5 Å². The monoisotopic (exact) mass is 534 g/mol. The Morgan fingerprint density at radius 3 is 2.23 bits per heavy atom. The van der Waals surface area contributed by atoms with E-state index < -0.39 is 11.9 Å². The molecule has 0 saturated carbocycles. The van der Waals surface area contributed by atoms with Gasteiger partial charge in [-0.25, -0.2) is 0 Å². The van der Waals surface area contributed by atoms with Crippen LogP contribution >= 0.6 is 0 Å². The van der Waals surface area contributed by atoms with Gasteiger partial charge in [0.15, 0.2) is 0 Å². The molecular weight excluding hydrogens is 496 g/mol. The average Bonchev–Trinajstić information content (AvgIpc) is 3.17. The van der Waals surface area contributed by atoms with E-state index in [1.807, 2.05) is 31.2 Å². The second-order valence-electron chi connectivity index (χ2n) is 9.88. The summed E-state index contributed by atoms with van der Waals surface area (Å²) in [6.07, 6.45) is 6.07. The van der Waals surface area contributed by atoms with E-state index in [0.717, 1.165) is 32.1 Å². The number of carboxylic acids is 1. The quantitative estimate of drug-likeness (QED) is 0.157. The van der Waals surface area contributed by atoms with Crippen LogP contribution in [0.3, 0.4) is 0 Å². The number of aromatic nitrogens is 1. The van der Waals surface area contributed by atoms with Gasteiger partial charge in [0.1, 0.15) is 5.75 Å². The lowest BCUT2D eigenvalue weighted by atomic mass is 10.1. The highest BCUT2D eigenvalue weighted by molar-refractivity contribution is 6.11. The number of hydrogen-bond acceptors (Lipinski definition) is 5. The Labute approximate surface area is 229 Å². The Balaban J connectivity index is 2.01. The van der Waals surface area contributed by atoms with Crippen LogP contribution in [-0.2, 0) is 20.8 Å². The Morgan fingerprint density at radius 1 is 0.923 bits per heavy atom. The summed E-state index contributed by atoms with van der Waals surface area (Å²) < 4.78 is 6.93. The molecule has 0 spiro atoms. The molecule has 1 amide bonds. The Morgan fingerprint density at radius 2 is 1.62 bits per heavy atom. The first kappa shape index (κ1) is 29.6. The van der Waals surface area contributed by atoms with Crippen molar-refractivity contribution in [2.24, 2.45) is 0 Å². The lowest BCUT2D eigenvalue weighted by Gasteiger charge is -2.22. The molecule has 2 aromatic carbocycles. The van der Waals surface area contributed by atoms with E-state index in [2.05, 4.69) is 6.92 Å². The van der Waals surface area contributed by atoms with Crippen LogP contribution in [0.2, 0.25) is 0 Å². The van der Waals surface area contributed by atoms with E-state index in [1.54, 1.807) is 27.7 Å². The van der Waals surface area contributed by atoms with Gasteiger partial charge in [0.25, 0.3) is 5.91 Å². The molecule has 8 nitrogen and oxygen atoms in total. The molecule has 208 valence electrons. The predicted molar refractivity (Wildman–Crippen MR) is 152 cm³/mol. The number of unbranched alkanes of at least 4 members (excludes halogenated alkanes) is 4. The fourth-order valence-electron chi connectivity index (χ4n) is 4.86. The third-order valence-corrected chi connectivity index (χ3v) is 6.80. The molecular formula is C31H38N2O6. The Hall–Kier alpha value is -3.94. The van der Waals surface area contributed by atoms with Crippen molar-refractivity contribution >= 4 is 40.3 Å². The first-order chi connectivity index (χ1) is 18.6. The molecule has 0 aliphatic carbocycles. The Kier molecular flexibility index (Phi) is 10.4. The van der Waals surface area contributed by atoms with E-state index in [1.165, 1.54) is 19.4 Å². The highest BCUT2D eigenvalue weighted by Crippen LogP contribution is 2.37. The van der Waals surface area contributed by atoms with E-state index in [-0.39, 0.29) is 18.2 Å². The second-order valence-corrected chi connectivity index (χ2v) is 9.88. The van der Waals surface area contributed by atoms with Crippen molar-refractivity contribution in [3.05, 3.63) is 59.3 Å². The number of fused-ring (bicyclic) bond motifs is 1.